The van der Waals surface area contributed by atoms with Crippen LogP contribution in [0, 0.1) is 11.3 Å². The van der Waals surface area contributed by atoms with Gasteiger partial charge in [0, 0.05) is 30.4 Å². The minimum atomic E-state index is -0.487. The summed E-state index contributed by atoms with van der Waals surface area (Å²) in [6, 6.07) is 10.9. The third-order valence-corrected chi connectivity index (χ3v) is 4.17. The topological polar surface area (TPSA) is 119 Å². The molecular weight excluding hydrogens is 370 g/mol. The molecule has 9 heteroatoms. The van der Waals surface area contributed by atoms with E-state index in [9.17, 15) is 4.79 Å². The van der Waals surface area contributed by atoms with Crippen molar-refractivity contribution < 1.29 is 9.63 Å². The van der Waals surface area contributed by atoms with Crippen molar-refractivity contribution in [1.29, 1.82) is 5.26 Å². The third-order valence-electron chi connectivity index (χ3n) is 4.17. The van der Waals surface area contributed by atoms with Gasteiger partial charge in [-0.15, -0.1) is 0 Å². The molecule has 4 aromatic rings. The average molecular weight is 385 g/mol. The molecule has 4 aromatic heterocycles. The van der Waals surface area contributed by atoms with E-state index < -0.39 is 5.91 Å². The van der Waals surface area contributed by atoms with Gasteiger partial charge in [0.1, 0.15) is 0 Å². The Bertz CT molecular complexity index is 1180. The molecule has 1 amide bonds. The van der Waals surface area contributed by atoms with Gasteiger partial charge < -0.3 is 0 Å². The number of carbonyl (C=O) groups is 1. The lowest BCUT2D eigenvalue weighted by atomic mass is 10.1. The molecule has 0 radical (unpaired) electrons. The number of rotatable bonds is 6. The van der Waals surface area contributed by atoms with Gasteiger partial charge in [-0.05, 0) is 29.8 Å². The fraction of sp³-hybridized carbons (Fsp3) is 0.100. The van der Waals surface area contributed by atoms with Gasteiger partial charge in [0.15, 0.2) is 12.3 Å². The average Bonchev–Trinajstić information content (AvgIpc) is 3.17. The van der Waals surface area contributed by atoms with Gasteiger partial charge in [0.25, 0.3) is 5.91 Å². The predicted molar refractivity (Wildman–Crippen MR) is 103 cm³/mol. The van der Waals surface area contributed by atoms with Crippen molar-refractivity contribution in [3.05, 3.63) is 72.4 Å². The first-order chi connectivity index (χ1) is 14.3. The Morgan fingerprint density at radius 1 is 1.17 bits per heavy atom. The van der Waals surface area contributed by atoms with Crippen molar-refractivity contribution in [1.82, 2.24) is 30.2 Å². The minimum Gasteiger partial charge on any atom is -0.267 e. The monoisotopic (exact) mass is 385 g/mol. The molecule has 9 nitrogen and oxygen atoms in total. The van der Waals surface area contributed by atoms with Crippen LogP contribution in [0.25, 0.3) is 22.3 Å². The SMILES string of the molecule is N#CCONC(=O)c1cc(-c2cccnc2)nc2c1cnn2Cc1cccnc1. The zero-order valence-electron chi connectivity index (χ0n) is 15.2. The summed E-state index contributed by atoms with van der Waals surface area (Å²) >= 11 is 0. The Morgan fingerprint density at radius 3 is 2.72 bits per heavy atom. The van der Waals surface area contributed by atoms with E-state index in [2.05, 4.69) is 20.5 Å². The molecule has 1 N–H and O–H groups in total. The third kappa shape index (κ3) is 3.92. The van der Waals surface area contributed by atoms with Crippen LogP contribution in [0.15, 0.2) is 61.3 Å². The van der Waals surface area contributed by atoms with Gasteiger partial charge in [0.05, 0.1) is 35.5 Å². The van der Waals surface area contributed by atoms with Crippen molar-refractivity contribution in [2.45, 2.75) is 6.54 Å². The Balaban J connectivity index is 1.80. The number of amides is 1. The van der Waals surface area contributed by atoms with Crippen LogP contribution in [0.1, 0.15) is 15.9 Å². The first-order valence-electron chi connectivity index (χ1n) is 8.71. The second-order valence-electron chi connectivity index (χ2n) is 6.08. The lowest BCUT2D eigenvalue weighted by Gasteiger charge is -2.09. The molecule has 29 heavy (non-hydrogen) atoms. The Hall–Kier alpha value is -4.16. The predicted octanol–water partition coefficient (Wildman–Crippen LogP) is 2.12. The number of pyridine rings is 3. The largest absolute Gasteiger partial charge is 0.275 e. The maximum absolute atomic E-state index is 12.6. The molecule has 0 aromatic carbocycles. The molecule has 0 aliphatic carbocycles. The number of fused-ring (bicyclic) bond motifs is 1. The molecular formula is C20H15N7O2. The highest BCUT2D eigenvalue weighted by Gasteiger charge is 2.18. The zero-order chi connectivity index (χ0) is 20.1. The Labute approximate surface area is 165 Å². The van der Waals surface area contributed by atoms with E-state index in [1.54, 1.807) is 53.9 Å². The van der Waals surface area contributed by atoms with Crippen LogP contribution in [-0.2, 0) is 11.4 Å². The van der Waals surface area contributed by atoms with Crippen molar-refractivity contribution in [2.75, 3.05) is 6.61 Å². The molecule has 0 atom stereocenters. The van der Waals surface area contributed by atoms with Gasteiger partial charge >= 0.3 is 0 Å². The lowest BCUT2D eigenvalue weighted by Crippen LogP contribution is -2.24. The number of nitriles is 1. The number of hydrogen-bond acceptors (Lipinski definition) is 7. The molecule has 0 saturated carbocycles. The number of nitrogens with zero attached hydrogens (tertiary/aromatic N) is 6. The highest BCUT2D eigenvalue weighted by molar-refractivity contribution is 6.06. The summed E-state index contributed by atoms with van der Waals surface area (Å²) in [6.45, 7) is 0.197. The molecule has 0 fully saturated rings. The van der Waals surface area contributed by atoms with Crippen LogP contribution >= 0.6 is 0 Å². The van der Waals surface area contributed by atoms with Crippen molar-refractivity contribution in [3.8, 4) is 17.3 Å². The molecule has 0 bridgehead atoms. The fourth-order valence-electron chi connectivity index (χ4n) is 2.87. The number of aromatic nitrogens is 5. The quantitative estimate of drug-likeness (QED) is 0.399. The first-order valence-corrected chi connectivity index (χ1v) is 8.71. The number of hydroxylamine groups is 1. The molecule has 4 rings (SSSR count). The number of carbonyl (C=O) groups excluding carboxylic acids is 1. The first kappa shape index (κ1) is 18.2. The Kier molecular flexibility index (Phi) is 5.18. The Morgan fingerprint density at radius 2 is 2.00 bits per heavy atom. The van der Waals surface area contributed by atoms with E-state index in [-0.39, 0.29) is 6.61 Å². The second-order valence-corrected chi connectivity index (χ2v) is 6.08. The van der Waals surface area contributed by atoms with Crippen LogP contribution in [0.5, 0.6) is 0 Å². The van der Waals surface area contributed by atoms with Gasteiger partial charge in [-0.2, -0.15) is 10.4 Å². The second kappa shape index (κ2) is 8.24. The fourth-order valence-corrected chi connectivity index (χ4v) is 2.87. The van der Waals surface area contributed by atoms with E-state index in [0.717, 1.165) is 11.1 Å². The number of nitrogens with one attached hydrogen (secondary N) is 1. The summed E-state index contributed by atoms with van der Waals surface area (Å²) in [5.74, 6) is -0.487. The van der Waals surface area contributed by atoms with E-state index >= 15 is 0 Å². The molecule has 4 heterocycles. The van der Waals surface area contributed by atoms with Gasteiger partial charge in [-0.3, -0.25) is 19.6 Å². The van der Waals surface area contributed by atoms with Gasteiger partial charge in [-0.25, -0.2) is 15.1 Å². The summed E-state index contributed by atoms with van der Waals surface area (Å²) in [5.41, 5.74) is 5.44. The number of hydrogen-bond donors (Lipinski definition) is 1. The van der Waals surface area contributed by atoms with Crippen LogP contribution in [-0.4, -0.2) is 37.2 Å². The summed E-state index contributed by atoms with van der Waals surface area (Å²) in [5, 5.41) is 13.6. The van der Waals surface area contributed by atoms with Crippen LogP contribution in [0.4, 0.5) is 0 Å². The van der Waals surface area contributed by atoms with Crippen molar-refractivity contribution in [2.24, 2.45) is 0 Å². The highest BCUT2D eigenvalue weighted by atomic mass is 16.6. The molecule has 0 spiro atoms. The van der Waals surface area contributed by atoms with E-state index in [1.165, 1.54) is 0 Å². The molecule has 0 aliphatic heterocycles. The standard InChI is InChI=1S/C20H15N7O2/c21-5-8-29-26-20(28)16-9-18(15-4-2-7-23-11-15)25-19-17(16)12-24-27(19)13-14-3-1-6-22-10-14/h1-4,6-7,9-12H,8,13H2,(H,26,28). The van der Waals surface area contributed by atoms with E-state index in [0.29, 0.717) is 28.8 Å². The summed E-state index contributed by atoms with van der Waals surface area (Å²) < 4.78 is 1.71. The molecule has 0 saturated heterocycles. The maximum Gasteiger partial charge on any atom is 0.275 e. The zero-order valence-corrected chi connectivity index (χ0v) is 15.2. The minimum absolute atomic E-state index is 0.254. The maximum atomic E-state index is 12.6. The molecule has 0 unspecified atom stereocenters. The normalized spacial score (nSPS) is 10.6. The van der Waals surface area contributed by atoms with Crippen molar-refractivity contribution >= 4 is 16.9 Å². The van der Waals surface area contributed by atoms with Gasteiger partial charge in [-0.1, -0.05) is 6.07 Å². The molecule has 0 aliphatic rings. The smallest absolute Gasteiger partial charge is 0.267 e. The van der Waals surface area contributed by atoms with Crippen molar-refractivity contribution in [3.63, 3.8) is 0 Å². The van der Waals surface area contributed by atoms with E-state index in [4.69, 9.17) is 15.1 Å². The van der Waals surface area contributed by atoms with Crippen LogP contribution in [0.2, 0.25) is 0 Å². The molecule has 142 valence electrons. The highest BCUT2D eigenvalue weighted by Crippen LogP contribution is 2.25. The summed E-state index contributed by atoms with van der Waals surface area (Å²) in [4.78, 5) is 30.5. The summed E-state index contributed by atoms with van der Waals surface area (Å²) in [6.07, 6.45) is 8.38. The lowest BCUT2D eigenvalue weighted by molar-refractivity contribution is 0.0436. The van der Waals surface area contributed by atoms with Crippen LogP contribution < -0.4 is 5.48 Å². The summed E-state index contributed by atoms with van der Waals surface area (Å²) in [7, 11) is 0. The van der Waals surface area contributed by atoms with Gasteiger partial charge in [0.2, 0.25) is 0 Å². The van der Waals surface area contributed by atoms with E-state index in [1.807, 2.05) is 18.2 Å². The van der Waals surface area contributed by atoms with Crippen LogP contribution in [0.3, 0.4) is 0 Å².